The lowest BCUT2D eigenvalue weighted by atomic mass is 9.76. The van der Waals surface area contributed by atoms with Crippen LogP contribution in [0.15, 0.2) is 48.5 Å². The molecule has 6 nitrogen and oxygen atoms in total. The van der Waals surface area contributed by atoms with Gasteiger partial charge in [-0.15, -0.1) is 0 Å². The van der Waals surface area contributed by atoms with Crippen molar-refractivity contribution in [1.29, 1.82) is 0 Å². The lowest BCUT2D eigenvalue weighted by Crippen LogP contribution is -2.46. The van der Waals surface area contributed by atoms with Crippen LogP contribution in [0.2, 0.25) is 0 Å². The molecule has 1 unspecified atom stereocenters. The van der Waals surface area contributed by atoms with Gasteiger partial charge < -0.3 is 14.8 Å². The van der Waals surface area contributed by atoms with Crippen molar-refractivity contribution >= 4 is 11.9 Å². The Hall–Kier alpha value is -3.02. The summed E-state index contributed by atoms with van der Waals surface area (Å²) in [6.45, 7) is 3.19. The highest BCUT2D eigenvalue weighted by Crippen LogP contribution is 2.39. The van der Waals surface area contributed by atoms with Gasteiger partial charge in [0, 0.05) is 0 Å². The fourth-order valence-electron chi connectivity index (χ4n) is 4.12. The van der Waals surface area contributed by atoms with Crippen LogP contribution in [0.5, 0.6) is 11.5 Å². The number of benzene rings is 2. The maximum absolute atomic E-state index is 13.2. The molecule has 152 valence electrons. The van der Waals surface area contributed by atoms with Crippen LogP contribution in [0.4, 0.5) is 4.79 Å². The highest BCUT2D eigenvalue weighted by molar-refractivity contribution is 6.07. The second-order valence-corrected chi connectivity index (χ2v) is 7.47. The summed E-state index contributed by atoms with van der Waals surface area (Å²) in [7, 11) is 0. The Bertz CT molecular complexity index is 896. The predicted octanol–water partition coefficient (Wildman–Crippen LogP) is 3.64. The summed E-state index contributed by atoms with van der Waals surface area (Å²) < 4.78 is 11.3. The first kappa shape index (κ1) is 19.3. The zero-order valence-corrected chi connectivity index (χ0v) is 16.6. The molecule has 1 atom stereocenters. The molecular formula is C23H26N2O4. The van der Waals surface area contributed by atoms with Crippen molar-refractivity contribution in [3.63, 3.8) is 0 Å². The summed E-state index contributed by atoms with van der Waals surface area (Å²) in [6, 6.07) is 14.9. The first-order chi connectivity index (χ1) is 14.1. The number of urea groups is 1. The summed E-state index contributed by atoms with van der Waals surface area (Å²) >= 11 is 0. The summed E-state index contributed by atoms with van der Waals surface area (Å²) in [5, 5.41) is 2.97. The van der Waals surface area contributed by atoms with E-state index in [1.165, 1.54) is 4.90 Å². The lowest BCUT2D eigenvalue weighted by molar-refractivity contribution is -0.132. The third kappa shape index (κ3) is 3.67. The maximum atomic E-state index is 13.2. The van der Waals surface area contributed by atoms with Crippen LogP contribution >= 0.6 is 0 Å². The SMILES string of the molecule is CCCOc1ccc(OCCN2C(=O)NC3(CCCc4ccccc43)C2=O)cc1. The van der Waals surface area contributed by atoms with Crippen LogP contribution in [-0.2, 0) is 16.8 Å². The molecule has 1 heterocycles. The minimum Gasteiger partial charge on any atom is -0.494 e. The van der Waals surface area contributed by atoms with E-state index in [0.717, 1.165) is 36.1 Å². The maximum Gasteiger partial charge on any atom is 0.325 e. The summed E-state index contributed by atoms with van der Waals surface area (Å²) in [6.07, 6.45) is 3.39. The number of carbonyl (C=O) groups excluding carboxylic acids is 2. The molecule has 6 heteroatoms. The van der Waals surface area contributed by atoms with Crippen LogP contribution in [0.25, 0.3) is 0 Å². The van der Waals surface area contributed by atoms with E-state index >= 15 is 0 Å². The molecule has 1 fully saturated rings. The van der Waals surface area contributed by atoms with Crippen molar-refractivity contribution in [3.8, 4) is 11.5 Å². The molecule has 2 aromatic rings. The van der Waals surface area contributed by atoms with Gasteiger partial charge in [0.1, 0.15) is 23.6 Å². The van der Waals surface area contributed by atoms with Crippen molar-refractivity contribution in [2.45, 2.75) is 38.1 Å². The Morgan fingerprint density at radius 1 is 1.00 bits per heavy atom. The van der Waals surface area contributed by atoms with Gasteiger partial charge in [0.05, 0.1) is 13.2 Å². The number of imide groups is 1. The molecule has 0 radical (unpaired) electrons. The highest BCUT2D eigenvalue weighted by Gasteiger charge is 2.53. The van der Waals surface area contributed by atoms with E-state index in [-0.39, 0.29) is 25.1 Å². The van der Waals surface area contributed by atoms with Gasteiger partial charge in [0.2, 0.25) is 0 Å². The number of fused-ring (bicyclic) bond motifs is 2. The number of hydrogen-bond donors (Lipinski definition) is 1. The van der Waals surface area contributed by atoms with E-state index in [1.54, 1.807) is 0 Å². The van der Waals surface area contributed by atoms with Gasteiger partial charge in [0.25, 0.3) is 5.91 Å². The Labute approximate surface area is 170 Å². The largest absolute Gasteiger partial charge is 0.494 e. The first-order valence-electron chi connectivity index (χ1n) is 10.2. The monoisotopic (exact) mass is 394 g/mol. The van der Waals surface area contributed by atoms with E-state index in [0.29, 0.717) is 18.8 Å². The molecule has 1 N–H and O–H groups in total. The van der Waals surface area contributed by atoms with Gasteiger partial charge >= 0.3 is 6.03 Å². The standard InChI is InChI=1S/C23H26N2O4/c1-2-15-28-18-9-11-19(12-10-18)29-16-14-25-21(26)23(24-22(25)27)13-5-7-17-6-3-4-8-20(17)23/h3-4,6,8-12H,2,5,7,13-16H2,1H3,(H,24,27). The first-order valence-corrected chi connectivity index (χ1v) is 10.2. The fourth-order valence-corrected chi connectivity index (χ4v) is 4.12. The zero-order chi connectivity index (χ0) is 20.3. The third-order valence-corrected chi connectivity index (χ3v) is 5.53. The predicted molar refractivity (Wildman–Crippen MR) is 109 cm³/mol. The number of aryl methyl sites for hydroxylation is 1. The molecule has 1 saturated heterocycles. The molecular weight excluding hydrogens is 368 g/mol. The molecule has 0 bridgehead atoms. The number of nitrogens with zero attached hydrogens (tertiary/aromatic N) is 1. The number of rotatable bonds is 7. The van der Waals surface area contributed by atoms with Crippen LogP contribution in [0.3, 0.4) is 0 Å². The van der Waals surface area contributed by atoms with E-state index in [4.69, 9.17) is 9.47 Å². The molecule has 3 amide bonds. The molecule has 1 aliphatic heterocycles. The van der Waals surface area contributed by atoms with E-state index in [9.17, 15) is 9.59 Å². The fraction of sp³-hybridized carbons (Fsp3) is 0.391. The topological polar surface area (TPSA) is 67.9 Å². The number of nitrogens with one attached hydrogen (secondary N) is 1. The van der Waals surface area contributed by atoms with E-state index in [2.05, 4.69) is 12.2 Å². The van der Waals surface area contributed by atoms with E-state index in [1.807, 2.05) is 48.5 Å². The number of amides is 3. The van der Waals surface area contributed by atoms with Gasteiger partial charge in [-0.1, -0.05) is 31.2 Å². The van der Waals surface area contributed by atoms with Crippen LogP contribution in [-0.4, -0.2) is 36.6 Å². The summed E-state index contributed by atoms with van der Waals surface area (Å²) in [5.74, 6) is 1.30. The third-order valence-electron chi connectivity index (χ3n) is 5.53. The van der Waals surface area contributed by atoms with Gasteiger partial charge in [0.15, 0.2) is 0 Å². The molecule has 4 rings (SSSR count). The van der Waals surface area contributed by atoms with Crippen molar-refractivity contribution < 1.29 is 19.1 Å². The van der Waals surface area contributed by atoms with Gasteiger partial charge in [-0.05, 0) is 61.1 Å². The zero-order valence-electron chi connectivity index (χ0n) is 16.6. The van der Waals surface area contributed by atoms with Gasteiger partial charge in [-0.2, -0.15) is 0 Å². The minimum absolute atomic E-state index is 0.179. The smallest absolute Gasteiger partial charge is 0.325 e. The molecule has 2 aromatic carbocycles. The average molecular weight is 394 g/mol. The second-order valence-electron chi connectivity index (χ2n) is 7.47. The van der Waals surface area contributed by atoms with Crippen LogP contribution < -0.4 is 14.8 Å². The molecule has 29 heavy (non-hydrogen) atoms. The van der Waals surface area contributed by atoms with Crippen molar-refractivity contribution in [2.75, 3.05) is 19.8 Å². The highest BCUT2D eigenvalue weighted by atomic mass is 16.5. The average Bonchev–Trinajstić information content (AvgIpc) is 2.98. The van der Waals surface area contributed by atoms with Crippen LogP contribution in [0, 0.1) is 0 Å². The van der Waals surface area contributed by atoms with Crippen molar-refractivity contribution in [3.05, 3.63) is 59.7 Å². The number of ether oxygens (including phenoxy) is 2. The second kappa shape index (κ2) is 8.15. The molecule has 1 aliphatic carbocycles. The summed E-state index contributed by atoms with van der Waals surface area (Å²) in [5.41, 5.74) is 1.14. The Morgan fingerprint density at radius 3 is 2.41 bits per heavy atom. The Kier molecular flexibility index (Phi) is 5.43. The van der Waals surface area contributed by atoms with Crippen LogP contribution in [0.1, 0.15) is 37.3 Å². The Morgan fingerprint density at radius 2 is 1.69 bits per heavy atom. The van der Waals surface area contributed by atoms with E-state index < -0.39 is 5.54 Å². The normalized spacial score (nSPS) is 20.5. The molecule has 2 aliphatic rings. The minimum atomic E-state index is -0.926. The van der Waals surface area contributed by atoms with Crippen molar-refractivity contribution in [1.82, 2.24) is 10.2 Å². The van der Waals surface area contributed by atoms with Gasteiger partial charge in [-0.3, -0.25) is 9.69 Å². The number of hydrogen-bond acceptors (Lipinski definition) is 4. The van der Waals surface area contributed by atoms with Crippen molar-refractivity contribution in [2.24, 2.45) is 0 Å². The summed E-state index contributed by atoms with van der Waals surface area (Å²) in [4.78, 5) is 27.1. The quantitative estimate of drug-likeness (QED) is 0.728. The Balaban J connectivity index is 1.39. The molecule has 1 spiro atoms. The lowest BCUT2D eigenvalue weighted by Gasteiger charge is -2.33. The van der Waals surface area contributed by atoms with Gasteiger partial charge in [-0.25, -0.2) is 4.79 Å². The number of carbonyl (C=O) groups is 2. The molecule has 0 saturated carbocycles. The molecule has 0 aromatic heterocycles.